The molecule has 0 amide bonds. The molecule has 0 atom stereocenters. The largest absolute Gasteiger partial charge is 0.478 e. The number of carbonyl (C=O) groups is 1. The van der Waals surface area contributed by atoms with Gasteiger partial charge in [0.2, 0.25) is 0 Å². The number of aromatic carboxylic acids is 1. The topological polar surface area (TPSA) is 50.2 Å². The van der Waals surface area contributed by atoms with E-state index in [1.807, 2.05) is 6.92 Å². The van der Waals surface area contributed by atoms with E-state index in [0.29, 0.717) is 11.5 Å². The van der Waals surface area contributed by atoms with Crippen LogP contribution in [0.4, 0.5) is 0 Å². The van der Waals surface area contributed by atoms with Gasteiger partial charge in [-0.2, -0.15) is 0 Å². The number of hydrogen-bond acceptors (Lipinski definition) is 2. The molecule has 3 heteroatoms. The zero-order valence-corrected chi connectivity index (χ0v) is 8.86. The first-order valence-corrected chi connectivity index (χ1v) is 5.38. The molecule has 0 aliphatic heterocycles. The highest BCUT2D eigenvalue weighted by Gasteiger charge is 2.23. The van der Waals surface area contributed by atoms with Gasteiger partial charge in [-0.25, -0.2) is 4.79 Å². The lowest BCUT2D eigenvalue weighted by Crippen LogP contribution is -2.08. The van der Waals surface area contributed by atoms with Gasteiger partial charge in [0.1, 0.15) is 0 Å². The minimum atomic E-state index is -0.854. The van der Waals surface area contributed by atoms with E-state index in [1.165, 1.54) is 12.8 Å². The average molecular weight is 205 g/mol. The summed E-state index contributed by atoms with van der Waals surface area (Å²) in [5.74, 6) is -0.496. The molecule has 1 saturated carbocycles. The van der Waals surface area contributed by atoms with E-state index in [1.54, 1.807) is 12.3 Å². The van der Waals surface area contributed by atoms with Crippen molar-refractivity contribution in [3.63, 3.8) is 0 Å². The summed E-state index contributed by atoms with van der Waals surface area (Å²) in [5, 5.41) is 9.11. The molecule has 0 unspecified atom stereocenters. The highest BCUT2D eigenvalue weighted by Crippen LogP contribution is 2.34. The molecule has 1 aromatic rings. The first-order chi connectivity index (χ1) is 7.18. The number of carboxylic acids is 1. The Balaban J connectivity index is 2.40. The van der Waals surface area contributed by atoms with Crippen LogP contribution < -0.4 is 0 Å². The van der Waals surface area contributed by atoms with Crippen molar-refractivity contribution in [3.8, 4) is 0 Å². The summed E-state index contributed by atoms with van der Waals surface area (Å²) in [6, 6.07) is 1.73. The van der Waals surface area contributed by atoms with Gasteiger partial charge < -0.3 is 5.11 Å². The van der Waals surface area contributed by atoms with Crippen LogP contribution in [-0.4, -0.2) is 16.1 Å². The van der Waals surface area contributed by atoms with Gasteiger partial charge in [0, 0.05) is 12.1 Å². The summed E-state index contributed by atoms with van der Waals surface area (Å²) in [4.78, 5) is 15.4. The number of rotatable bonds is 2. The predicted molar refractivity (Wildman–Crippen MR) is 57.1 cm³/mol. The molecule has 1 fully saturated rings. The first-order valence-electron chi connectivity index (χ1n) is 5.38. The molecule has 0 aromatic carbocycles. The van der Waals surface area contributed by atoms with Crippen LogP contribution in [0.5, 0.6) is 0 Å². The lowest BCUT2D eigenvalue weighted by Gasteiger charge is -2.11. The Labute approximate surface area is 89.2 Å². The molecule has 0 bridgehead atoms. The molecule has 0 radical (unpaired) electrons. The van der Waals surface area contributed by atoms with Crippen molar-refractivity contribution in [1.29, 1.82) is 0 Å². The molecule has 1 heterocycles. The molecule has 1 aromatic heterocycles. The summed E-state index contributed by atoms with van der Waals surface area (Å²) >= 11 is 0. The van der Waals surface area contributed by atoms with Crippen LogP contribution in [0.2, 0.25) is 0 Å². The third kappa shape index (κ3) is 2.01. The van der Waals surface area contributed by atoms with Gasteiger partial charge in [-0.15, -0.1) is 0 Å². The van der Waals surface area contributed by atoms with E-state index in [-0.39, 0.29) is 0 Å². The number of carboxylic acid groups (broad SMARTS) is 1. The van der Waals surface area contributed by atoms with Crippen molar-refractivity contribution in [2.75, 3.05) is 0 Å². The van der Waals surface area contributed by atoms with Crippen molar-refractivity contribution in [3.05, 3.63) is 29.1 Å². The molecule has 0 saturated heterocycles. The molecule has 1 aliphatic carbocycles. The molecular weight excluding hydrogens is 190 g/mol. The SMILES string of the molecule is Cc1cnc(C2CCCC2)c(C(=O)O)c1. The highest BCUT2D eigenvalue weighted by molar-refractivity contribution is 5.89. The maximum atomic E-state index is 11.1. The average Bonchev–Trinajstić information content (AvgIpc) is 2.70. The van der Waals surface area contributed by atoms with E-state index < -0.39 is 5.97 Å². The smallest absolute Gasteiger partial charge is 0.337 e. The van der Waals surface area contributed by atoms with Gasteiger partial charge in [0.25, 0.3) is 0 Å². The van der Waals surface area contributed by atoms with Crippen LogP contribution in [0.25, 0.3) is 0 Å². The van der Waals surface area contributed by atoms with Gasteiger partial charge >= 0.3 is 5.97 Å². The zero-order valence-electron chi connectivity index (χ0n) is 8.86. The van der Waals surface area contributed by atoms with Crippen molar-refractivity contribution in [1.82, 2.24) is 4.98 Å². The van der Waals surface area contributed by atoms with Crippen LogP contribution >= 0.6 is 0 Å². The van der Waals surface area contributed by atoms with E-state index in [2.05, 4.69) is 4.98 Å². The molecule has 15 heavy (non-hydrogen) atoms. The number of pyridine rings is 1. The number of nitrogens with zero attached hydrogens (tertiary/aromatic N) is 1. The molecule has 1 aliphatic rings. The second kappa shape index (κ2) is 4.01. The van der Waals surface area contributed by atoms with Gasteiger partial charge in [-0.05, 0) is 31.4 Å². The maximum Gasteiger partial charge on any atom is 0.337 e. The minimum Gasteiger partial charge on any atom is -0.478 e. The van der Waals surface area contributed by atoms with E-state index in [9.17, 15) is 4.79 Å². The highest BCUT2D eigenvalue weighted by atomic mass is 16.4. The molecule has 80 valence electrons. The Kier molecular flexibility index (Phi) is 2.71. The van der Waals surface area contributed by atoms with Crippen LogP contribution in [0.3, 0.4) is 0 Å². The Morgan fingerprint density at radius 3 is 2.73 bits per heavy atom. The van der Waals surface area contributed by atoms with E-state index in [4.69, 9.17) is 5.11 Å². The third-order valence-corrected chi connectivity index (χ3v) is 3.03. The maximum absolute atomic E-state index is 11.1. The van der Waals surface area contributed by atoms with Crippen LogP contribution in [0.1, 0.15) is 53.2 Å². The predicted octanol–water partition coefficient (Wildman–Crippen LogP) is 2.75. The summed E-state index contributed by atoms with van der Waals surface area (Å²) in [6.45, 7) is 1.87. The third-order valence-electron chi connectivity index (χ3n) is 3.03. The molecule has 3 nitrogen and oxygen atoms in total. The summed E-state index contributed by atoms with van der Waals surface area (Å²) in [6.07, 6.45) is 6.31. The molecule has 0 spiro atoms. The molecule has 1 N–H and O–H groups in total. The second-order valence-electron chi connectivity index (χ2n) is 4.23. The quantitative estimate of drug-likeness (QED) is 0.807. The number of aromatic nitrogens is 1. The van der Waals surface area contributed by atoms with E-state index >= 15 is 0 Å². The number of hydrogen-bond donors (Lipinski definition) is 1. The Morgan fingerprint density at radius 1 is 1.47 bits per heavy atom. The van der Waals surface area contributed by atoms with Gasteiger partial charge in [-0.3, -0.25) is 4.98 Å². The molecular formula is C12H15NO2. The second-order valence-corrected chi connectivity index (χ2v) is 4.23. The lowest BCUT2D eigenvalue weighted by atomic mass is 9.98. The van der Waals surface area contributed by atoms with Crippen LogP contribution in [0, 0.1) is 6.92 Å². The standard InChI is InChI=1S/C12H15NO2/c1-8-6-10(12(14)15)11(13-7-8)9-4-2-3-5-9/h6-7,9H,2-5H2,1H3,(H,14,15). The fraction of sp³-hybridized carbons (Fsp3) is 0.500. The van der Waals surface area contributed by atoms with Gasteiger partial charge in [0.05, 0.1) is 11.3 Å². The van der Waals surface area contributed by atoms with Crippen molar-refractivity contribution >= 4 is 5.97 Å². The fourth-order valence-electron chi connectivity index (χ4n) is 2.28. The summed E-state index contributed by atoms with van der Waals surface area (Å²) < 4.78 is 0. The Bertz CT molecular complexity index is 381. The Morgan fingerprint density at radius 2 is 2.13 bits per heavy atom. The van der Waals surface area contributed by atoms with Crippen LogP contribution in [0.15, 0.2) is 12.3 Å². The van der Waals surface area contributed by atoms with E-state index in [0.717, 1.165) is 24.1 Å². The molecule has 2 rings (SSSR count). The lowest BCUT2D eigenvalue weighted by molar-refractivity contribution is 0.0694. The minimum absolute atomic E-state index is 0.358. The first kappa shape index (κ1) is 10.1. The van der Waals surface area contributed by atoms with Gasteiger partial charge in [0.15, 0.2) is 0 Å². The number of aryl methyl sites for hydroxylation is 1. The Hall–Kier alpha value is -1.38. The monoisotopic (exact) mass is 205 g/mol. The summed E-state index contributed by atoms with van der Waals surface area (Å²) in [5.41, 5.74) is 2.08. The zero-order chi connectivity index (χ0) is 10.8. The van der Waals surface area contributed by atoms with Gasteiger partial charge in [-0.1, -0.05) is 12.8 Å². The van der Waals surface area contributed by atoms with Crippen molar-refractivity contribution in [2.45, 2.75) is 38.5 Å². The fourth-order valence-corrected chi connectivity index (χ4v) is 2.28. The normalized spacial score (nSPS) is 16.9. The van der Waals surface area contributed by atoms with Crippen LogP contribution in [-0.2, 0) is 0 Å². The summed E-state index contributed by atoms with van der Waals surface area (Å²) in [7, 11) is 0. The van der Waals surface area contributed by atoms with Crippen molar-refractivity contribution < 1.29 is 9.90 Å². The van der Waals surface area contributed by atoms with Crippen molar-refractivity contribution in [2.24, 2.45) is 0 Å².